The summed E-state index contributed by atoms with van der Waals surface area (Å²) in [5.74, 6) is 0. The van der Waals surface area contributed by atoms with E-state index in [0.29, 0.717) is 0 Å². The lowest BCUT2D eigenvalue weighted by molar-refractivity contribution is 1.47. The number of hydrogen-bond donors (Lipinski definition) is 3. The molecule has 0 aliphatic carbocycles. The van der Waals surface area contributed by atoms with Crippen molar-refractivity contribution in [3.8, 4) is 0 Å². The van der Waals surface area contributed by atoms with Gasteiger partial charge in [-0.05, 0) is 24.3 Å². The van der Waals surface area contributed by atoms with Crippen LogP contribution in [-0.4, -0.2) is 7.05 Å². The number of rotatable bonds is 3. The molecule has 0 fully saturated rings. The quantitative estimate of drug-likeness (QED) is 0.687. The normalized spacial score (nSPS) is 9.81. The Morgan fingerprint density at radius 2 is 1.38 bits per heavy atom. The van der Waals surface area contributed by atoms with Gasteiger partial charge in [0.1, 0.15) is 0 Å². The molecule has 0 aliphatic heterocycles. The summed E-state index contributed by atoms with van der Waals surface area (Å²) in [7, 11) is 1.90. The predicted molar refractivity (Wildman–Crippen MR) is 70.1 cm³/mol. The van der Waals surface area contributed by atoms with Crippen LogP contribution in [0.1, 0.15) is 0 Å². The van der Waals surface area contributed by atoms with Gasteiger partial charge in [-0.2, -0.15) is 0 Å². The minimum atomic E-state index is 0.744. The molecule has 3 nitrogen and oxygen atoms in total. The van der Waals surface area contributed by atoms with Crippen LogP contribution in [-0.2, 0) is 0 Å². The van der Waals surface area contributed by atoms with Crippen molar-refractivity contribution < 1.29 is 0 Å². The molecule has 4 N–H and O–H groups in total. The summed E-state index contributed by atoms with van der Waals surface area (Å²) < 4.78 is 0. The maximum absolute atomic E-state index is 5.88. The van der Waals surface area contributed by atoms with E-state index in [-0.39, 0.29) is 0 Å². The molecule has 0 unspecified atom stereocenters. The Kier molecular flexibility index (Phi) is 2.96. The molecule has 82 valence electrons. The molecular formula is C13H15N3. The average molecular weight is 213 g/mol. The van der Waals surface area contributed by atoms with Gasteiger partial charge < -0.3 is 16.4 Å². The Labute approximate surface area is 95.3 Å². The van der Waals surface area contributed by atoms with Crippen molar-refractivity contribution in [1.82, 2.24) is 0 Å². The van der Waals surface area contributed by atoms with Gasteiger partial charge in [0, 0.05) is 7.05 Å². The van der Waals surface area contributed by atoms with Crippen molar-refractivity contribution in [2.24, 2.45) is 0 Å². The van der Waals surface area contributed by atoms with Crippen LogP contribution in [0.15, 0.2) is 48.5 Å². The van der Waals surface area contributed by atoms with Gasteiger partial charge in [-0.25, -0.2) is 0 Å². The fraction of sp³-hybridized carbons (Fsp3) is 0.0769. The first kappa shape index (κ1) is 10.4. The molecule has 0 amide bonds. The third-order valence-corrected chi connectivity index (χ3v) is 2.43. The molecule has 0 heterocycles. The van der Waals surface area contributed by atoms with E-state index in [4.69, 9.17) is 5.73 Å². The van der Waals surface area contributed by atoms with E-state index in [1.54, 1.807) is 0 Å². The molecule has 2 aromatic carbocycles. The van der Waals surface area contributed by atoms with Crippen LogP contribution in [0.25, 0.3) is 0 Å². The SMILES string of the molecule is CNc1ccccc1Nc1ccccc1N. The number of para-hydroxylation sites is 4. The zero-order valence-corrected chi connectivity index (χ0v) is 9.20. The molecule has 2 aromatic rings. The van der Waals surface area contributed by atoms with Crippen LogP contribution in [0, 0.1) is 0 Å². The lowest BCUT2D eigenvalue weighted by Crippen LogP contribution is -1.99. The first-order valence-electron chi connectivity index (χ1n) is 5.19. The van der Waals surface area contributed by atoms with E-state index in [2.05, 4.69) is 10.6 Å². The minimum Gasteiger partial charge on any atom is -0.397 e. The molecule has 0 spiro atoms. The largest absolute Gasteiger partial charge is 0.397 e. The Morgan fingerprint density at radius 1 is 0.812 bits per heavy atom. The Bertz CT molecular complexity index is 480. The number of nitrogens with one attached hydrogen (secondary N) is 2. The van der Waals surface area contributed by atoms with E-state index in [9.17, 15) is 0 Å². The van der Waals surface area contributed by atoms with E-state index in [1.165, 1.54) is 0 Å². The lowest BCUT2D eigenvalue weighted by Gasteiger charge is -2.12. The number of anilines is 4. The molecule has 0 aliphatic rings. The van der Waals surface area contributed by atoms with Gasteiger partial charge in [0.15, 0.2) is 0 Å². The molecule has 0 aromatic heterocycles. The fourth-order valence-electron chi connectivity index (χ4n) is 1.57. The summed E-state index contributed by atoms with van der Waals surface area (Å²) in [6.07, 6.45) is 0. The van der Waals surface area contributed by atoms with Crippen LogP contribution < -0.4 is 16.4 Å². The summed E-state index contributed by atoms with van der Waals surface area (Å²) in [6, 6.07) is 15.7. The molecule has 0 atom stereocenters. The van der Waals surface area contributed by atoms with Crippen LogP contribution in [0.4, 0.5) is 22.7 Å². The van der Waals surface area contributed by atoms with Gasteiger partial charge in [0.25, 0.3) is 0 Å². The van der Waals surface area contributed by atoms with Crippen LogP contribution >= 0.6 is 0 Å². The fourth-order valence-corrected chi connectivity index (χ4v) is 1.57. The first-order chi connectivity index (χ1) is 7.81. The summed E-state index contributed by atoms with van der Waals surface area (Å²) in [5, 5.41) is 6.44. The zero-order chi connectivity index (χ0) is 11.4. The molecule has 0 radical (unpaired) electrons. The van der Waals surface area contributed by atoms with Crippen molar-refractivity contribution in [2.45, 2.75) is 0 Å². The number of nitrogens with two attached hydrogens (primary N) is 1. The van der Waals surface area contributed by atoms with Crippen molar-refractivity contribution in [1.29, 1.82) is 0 Å². The summed E-state index contributed by atoms with van der Waals surface area (Å²) in [5.41, 5.74) is 9.61. The Morgan fingerprint density at radius 3 is 2.00 bits per heavy atom. The van der Waals surface area contributed by atoms with Gasteiger partial charge in [0.05, 0.1) is 22.7 Å². The van der Waals surface area contributed by atoms with Crippen LogP contribution in [0.5, 0.6) is 0 Å². The van der Waals surface area contributed by atoms with Crippen molar-refractivity contribution in [3.63, 3.8) is 0 Å². The minimum absolute atomic E-state index is 0.744. The third kappa shape index (κ3) is 2.08. The number of benzene rings is 2. The highest BCUT2D eigenvalue weighted by atomic mass is 15.0. The standard InChI is InChI=1S/C13H15N3/c1-15-12-8-4-5-9-13(12)16-11-7-3-2-6-10(11)14/h2-9,15-16H,14H2,1H3. The first-order valence-corrected chi connectivity index (χ1v) is 5.19. The highest BCUT2D eigenvalue weighted by molar-refractivity contribution is 5.79. The molecule has 3 heteroatoms. The van der Waals surface area contributed by atoms with Gasteiger partial charge in [-0.1, -0.05) is 24.3 Å². The predicted octanol–water partition coefficient (Wildman–Crippen LogP) is 3.05. The molecule has 2 rings (SSSR count). The Balaban J connectivity index is 2.30. The topological polar surface area (TPSA) is 50.1 Å². The van der Waals surface area contributed by atoms with Crippen molar-refractivity contribution in [2.75, 3.05) is 23.4 Å². The second-order valence-corrected chi connectivity index (χ2v) is 3.51. The highest BCUT2D eigenvalue weighted by Crippen LogP contribution is 2.27. The molecule has 16 heavy (non-hydrogen) atoms. The average Bonchev–Trinajstić information content (AvgIpc) is 2.33. The van der Waals surface area contributed by atoms with Gasteiger partial charge >= 0.3 is 0 Å². The van der Waals surface area contributed by atoms with Gasteiger partial charge in [-0.15, -0.1) is 0 Å². The van der Waals surface area contributed by atoms with Crippen molar-refractivity contribution in [3.05, 3.63) is 48.5 Å². The van der Waals surface area contributed by atoms with Crippen molar-refractivity contribution >= 4 is 22.7 Å². The van der Waals surface area contributed by atoms with E-state index >= 15 is 0 Å². The Hall–Kier alpha value is -2.16. The van der Waals surface area contributed by atoms with E-state index in [1.807, 2.05) is 55.6 Å². The monoisotopic (exact) mass is 213 g/mol. The maximum atomic E-state index is 5.88. The summed E-state index contributed by atoms with van der Waals surface area (Å²) in [4.78, 5) is 0. The second kappa shape index (κ2) is 4.57. The van der Waals surface area contributed by atoms with E-state index in [0.717, 1.165) is 22.7 Å². The van der Waals surface area contributed by atoms with Crippen LogP contribution in [0.3, 0.4) is 0 Å². The van der Waals surface area contributed by atoms with Crippen LogP contribution in [0.2, 0.25) is 0 Å². The summed E-state index contributed by atoms with van der Waals surface area (Å²) >= 11 is 0. The smallest absolute Gasteiger partial charge is 0.0620 e. The molecule has 0 bridgehead atoms. The molecule has 0 saturated carbocycles. The highest BCUT2D eigenvalue weighted by Gasteiger charge is 2.01. The second-order valence-electron chi connectivity index (χ2n) is 3.51. The maximum Gasteiger partial charge on any atom is 0.0620 e. The molecular weight excluding hydrogens is 198 g/mol. The summed E-state index contributed by atoms with van der Waals surface area (Å²) in [6.45, 7) is 0. The van der Waals surface area contributed by atoms with Gasteiger partial charge in [0.2, 0.25) is 0 Å². The third-order valence-electron chi connectivity index (χ3n) is 2.43. The van der Waals surface area contributed by atoms with E-state index < -0.39 is 0 Å². The number of nitrogen functional groups attached to an aromatic ring is 1. The zero-order valence-electron chi connectivity index (χ0n) is 9.20. The van der Waals surface area contributed by atoms with Gasteiger partial charge in [-0.3, -0.25) is 0 Å². The number of hydrogen-bond acceptors (Lipinski definition) is 3. The lowest BCUT2D eigenvalue weighted by atomic mass is 10.2. The molecule has 0 saturated heterocycles.